The van der Waals surface area contributed by atoms with E-state index in [0.29, 0.717) is 6.42 Å². The summed E-state index contributed by atoms with van der Waals surface area (Å²) in [7, 11) is 0. The molecule has 1 nitrogen and oxygen atoms in total. The molecule has 1 heteroatoms. The lowest BCUT2D eigenvalue weighted by Gasteiger charge is -2.46. The van der Waals surface area contributed by atoms with Gasteiger partial charge in [0.25, 0.3) is 0 Å². The second-order valence-corrected chi connectivity index (χ2v) is 4.83. The maximum absolute atomic E-state index is 10.4. The van der Waals surface area contributed by atoms with Gasteiger partial charge in [-0.05, 0) is 24.7 Å². The van der Waals surface area contributed by atoms with Crippen molar-refractivity contribution in [2.75, 3.05) is 0 Å². The number of rotatable bonds is 2. The molecule has 1 unspecified atom stereocenters. The van der Waals surface area contributed by atoms with Gasteiger partial charge in [-0.25, -0.2) is 0 Å². The minimum absolute atomic E-state index is 0.0437. The summed E-state index contributed by atoms with van der Waals surface area (Å²) in [4.78, 5) is 0. The van der Waals surface area contributed by atoms with E-state index in [9.17, 15) is 5.11 Å². The Morgan fingerprint density at radius 3 is 2.46 bits per heavy atom. The molecule has 1 rings (SSSR count). The van der Waals surface area contributed by atoms with Gasteiger partial charge in [0.15, 0.2) is 0 Å². The second-order valence-electron chi connectivity index (χ2n) is 4.83. The summed E-state index contributed by atoms with van der Waals surface area (Å²) in [6, 6.07) is 0. The fraction of sp³-hybridized carbons (Fsp3) is 0.833. The van der Waals surface area contributed by atoms with E-state index in [0.717, 1.165) is 25.7 Å². The lowest BCUT2D eigenvalue weighted by molar-refractivity contribution is -0.101. The standard InChI is InChI=1S/C12H20O/c1-4-5-9-12(13)10-7-6-8-11(12,2)3/h1,13H,5-10H2,2-3H3. The van der Waals surface area contributed by atoms with Crippen molar-refractivity contribution in [2.24, 2.45) is 5.41 Å². The Balaban J connectivity index is 2.67. The van der Waals surface area contributed by atoms with Gasteiger partial charge in [-0.3, -0.25) is 0 Å². The number of aliphatic hydroxyl groups is 1. The predicted molar refractivity (Wildman–Crippen MR) is 55.3 cm³/mol. The highest BCUT2D eigenvalue weighted by molar-refractivity contribution is 4.99. The first-order valence-electron chi connectivity index (χ1n) is 5.18. The van der Waals surface area contributed by atoms with Crippen LogP contribution in [-0.4, -0.2) is 10.7 Å². The Bertz CT molecular complexity index is 212. The monoisotopic (exact) mass is 180 g/mol. The van der Waals surface area contributed by atoms with Crippen molar-refractivity contribution >= 4 is 0 Å². The molecule has 1 atom stereocenters. The van der Waals surface area contributed by atoms with Crippen LogP contribution in [0.5, 0.6) is 0 Å². The fourth-order valence-corrected chi connectivity index (χ4v) is 2.30. The van der Waals surface area contributed by atoms with E-state index in [1.54, 1.807) is 0 Å². The van der Waals surface area contributed by atoms with Crippen LogP contribution in [-0.2, 0) is 0 Å². The van der Waals surface area contributed by atoms with Crippen LogP contribution >= 0.6 is 0 Å². The van der Waals surface area contributed by atoms with Crippen LogP contribution in [0.25, 0.3) is 0 Å². The van der Waals surface area contributed by atoms with Crippen molar-refractivity contribution in [3.63, 3.8) is 0 Å². The summed E-state index contributed by atoms with van der Waals surface area (Å²) >= 11 is 0. The summed E-state index contributed by atoms with van der Waals surface area (Å²) in [5, 5.41) is 10.4. The summed E-state index contributed by atoms with van der Waals surface area (Å²) in [5.41, 5.74) is -0.472. The van der Waals surface area contributed by atoms with Gasteiger partial charge in [0.05, 0.1) is 5.60 Å². The smallest absolute Gasteiger partial charge is 0.0707 e. The molecule has 1 aliphatic rings. The molecule has 0 saturated heterocycles. The molecule has 1 N–H and O–H groups in total. The zero-order valence-corrected chi connectivity index (χ0v) is 8.77. The molecule has 13 heavy (non-hydrogen) atoms. The van der Waals surface area contributed by atoms with E-state index < -0.39 is 5.60 Å². The van der Waals surface area contributed by atoms with Gasteiger partial charge >= 0.3 is 0 Å². The highest BCUT2D eigenvalue weighted by atomic mass is 16.3. The van der Waals surface area contributed by atoms with Crippen LogP contribution in [0.4, 0.5) is 0 Å². The molecule has 0 radical (unpaired) electrons. The van der Waals surface area contributed by atoms with E-state index in [4.69, 9.17) is 6.42 Å². The van der Waals surface area contributed by atoms with Crippen LogP contribution in [0.15, 0.2) is 0 Å². The van der Waals surface area contributed by atoms with Crippen molar-refractivity contribution in [2.45, 2.75) is 58.0 Å². The normalized spacial score (nSPS) is 32.5. The first-order chi connectivity index (χ1) is 6.02. The third-order valence-corrected chi connectivity index (χ3v) is 3.58. The Labute approximate surface area is 81.5 Å². The van der Waals surface area contributed by atoms with Gasteiger partial charge in [0.1, 0.15) is 0 Å². The van der Waals surface area contributed by atoms with Crippen molar-refractivity contribution in [1.82, 2.24) is 0 Å². The molecule has 0 aliphatic heterocycles. The molecule has 0 spiro atoms. The van der Waals surface area contributed by atoms with Gasteiger partial charge in [-0.15, -0.1) is 12.3 Å². The minimum atomic E-state index is -0.516. The fourth-order valence-electron chi connectivity index (χ4n) is 2.30. The Kier molecular flexibility index (Phi) is 3.03. The van der Waals surface area contributed by atoms with Gasteiger partial charge in [0.2, 0.25) is 0 Å². The van der Waals surface area contributed by atoms with Crippen LogP contribution in [0.3, 0.4) is 0 Å². The highest BCUT2D eigenvalue weighted by Crippen LogP contribution is 2.46. The summed E-state index contributed by atoms with van der Waals surface area (Å²) in [6.45, 7) is 4.31. The first kappa shape index (κ1) is 10.6. The summed E-state index contributed by atoms with van der Waals surface area (Å²) in [5.74, 6) is 2.62. The van der Waals surface area contributed by atoms with Crippen molar-refractivity contribution in [3.05, 3.63) is 0 Å². The maximum atomic E-state index is 10.4. The molecule has 1 saturated carbocycles. The third-order valence-electron chi connectivity index (χ3n) is 3.58. The molecule has 0 bridgehead atoms. The SMILES string of the molecule is C#CCCC1(O)CCCCC1(C)C. The quantitative estimate of drug-likeness (QED) is 0.648. The molecular formula is C12H20O. The molecule has 1 fully saturated rings. The molecule has 0 aromatic carbocycles. The van der Waals surface area contributed by atoms with Crippen molar-refractivity contribution in [3.8, 4) is 12.3 Å². The number of hydrogen-bond donors (Lipinski definition) is 1. The highest BCUT2D eigenvalue weighted by Gasteiger charge is 2.44. The predicted octanol–water partition coefficient (Wildman–Crippen LogP) is 2.73. The van der Waals surface area contributed by atoms with E-state index in [2.05, 4.69) is 19.8 Å². The summed E-state index contributed by atoms with van der Waals surface area (Å²) < 4.78 is 0. The summed E-state index contributed by atoms with van der Waals surface area (Å²) in [6.07, 6.45) is 11.1. The third kappa shape index (κ3) is 2.06. The van der Waals surface area contributed by atoms with Crippen molar-refractivity contribution < 1.29 is 5.11 Å². The first-order valence-corrected chi connectivity index (χ1v) is 5.18. The Hall–Kier alpha value is -0.480. The largest absolute Gasteiger partial charge is 0.389 e. The van der Waals surface area contributed by atoms with Gasteiger partial charge < -0.3 is 5.11 Å². The molecule has 74 valence electrons. The number of hydrogen-bond acceptors (Lipinski definition) is 1. The van der Waals surface area contributed by atoms with Crippen LogP contribution < -0.4 is 0 Å². The number of terminal acetylenes is 1. The van der Waals surface area contributed by atoms with E-state index >= 15 is 0 Å². The molecule has 0 aromatic rings. The van der Waals surface area contributed by atoms with Gasteiger partial charge in [0, 0.05) is 6.42 Å². The second kappa shape index (κ2) is 3.72. The molecule has 0 amide bonds. The Morgan fingerprint density at radius 1 is 1.31 bits per heavy atom. The molecule has 1 aliphatic carbocycles. The maximum Gasteiger partial charge on any atom is 0.0707 e. The van der Waals surface area contributed by atoms with E-state index in [-0.39, 0.29) is 5.41 Å². The van der Waals surface area contributed by atoms with Crippen molar-refractivity contribution in [1.29, 1.82) is 0 Å². The van der Waals surface area contributed by atoms with Gasteiger partial charge in [-0.2, -0.15) is 0 Å². The van der Waals surface area contributed by atoms with Crippen LogP contribution in [0, 0.1) is 17.8 Å². The van der Waals surface area contributed by atoms with E-state index in [1.165, 1.54) is 6.42 Å². The zero-order valence-electron chi connectivity index (χ0n) is 8.77. The lowest BCUT2D eigenvalue weighted by atomic mass is 9.64. The lowest BCUT2D eigenvalue weighted by Crippen LogP contribution is -2.46. The average Bonchev–Trinajstić information content (AvgIpc) is 2.07. The average molecular weight is 180 g/mol. The van der Waals surface area contributed by atoms with Crippen LogP contribution in [0.1, 0.15) is 52.4 Å². The zero-order chi connectivity index (χ0) is 9.95. The molecule has 0 aromatic heterocycles. The minimum Gasteiger partial charge on any atom is -0.389 e. The van der Waals surface area contributed by atoms with E-state index in [1.807, 2.05) is 0 Å². The van der Waals surface area contributed by atoms with Gasteiger partial charge in [-0.1, -0.05) is 26.7 Å². The molecular weight excluding hydrogens is 160 g/mol. The Morgan fingerprint density at radius 2 is 1.92 bits per heavy atom. The molecule has 0 heterocycles. The van der Waals surface area contributed by atoms with Crippen LogP contribution in [0.2, 0.25) is 0 Å². The topological polar surface area (TPSA) is 20.2 Å².